The molecule has 2 aromatic rings. The van der Waals surface area contributed by atoms with Crippen LogP contribution in [0.4, 0.5) is 13.2 Å². The van der Waals surface area contributed by atoms with Crippen LogP contribution in [-0.2, 0) is 18.1 Å². The molecule has 1 unspecified atom stereocenters. The summed E-state index contributed by atoms with van der Waals surface area (Å²) in [5.41, 5.74) is 0.490. The molecule has 0 aliphatic heterocycles. The molecule has 1 aromatic heterocycles. The van der Waals surface area contributed by atoms with E-state index in [4.69, 9.17) is 0 Å². The highest BCUT2D eigenvalue weighted by Crippen LogP contribution is 2.32. The van der Waals surface area contributed by atoms with Crippen LogP contribution in [0.25, 0.3) is 0 Å². The zero-order valence-electron chi connectivity index (χ0n) is 12.0. The van der Waals surface area contributed by atoms with Gasteiger partial charge in [-0.3, -0.25) is 0 Å². The maximum absolute atomic E-state index is 12.5. The van der Waals surface area contributed by atoms with Crippen molar-refractivity contribution in [1.82, 2.24) is 10.3 Å². The van der Waals surface area contributed by atoms with Gasteiger partial charge in [-0.2, -0.15) is 13.2 Å². The highest BCUT2D eigenvalue weighted by atomic mass is 32.1. The Hall–Kier alpha value is -1.44. The third-order valence-corrected chi connectivity index (χ3v) is 4.47. The van der Waals surface area contributed by atoms with Crippen LogP contribution in [0, 0.1) is 0 Å². The molecule has 0 bridgehead atoms. The summed E-state index contributed by atoms with van der Waals surface area (Å²) in [4.78, 5) is 3.90. The number of alkyl halides is 3. The zero-order valence-corrected chi connectivity index (χ0v) is 12.8. The molecule has 0 aliphatic rings. The summed E-state index contributed by atoms with van der Waals surface area (Å²) >= 11 is 0.633. The fraction of sp³-hybridized carbons (Fsp3) is 0.400. The van der Waals surface area contributed by atoms with Crippen molar-refractivity contribution in [1.29, 1.82) is 0 Å². The van der Waals surface area contributed by atoms with Crippen molar-refractivity contribution in [2.45, 2.75) is 25.1 Å². The molecule has 0 aliphatic carbocycles. The monoisotopic (exact) mass is 330 g/mol. The molecule has 2 rings (SSSR count). The van der Waals surface area contributed by atoms with Crippen LogP contribution in [0.15, 0.2) is 36.5 Å². The van der Waals surface area contributed by atoms with Crippen LogP contribution >= 0.6 is 11.3 Å². The zero-order chi connectivity index (χ0) is 16.2. The van der Waals surface area contributed by atoms with E-state index in [9.17, 15) is 18.3 Å². The van der Waals surface area contributed by atoms with Crippen molar-refractivity contribution >= 4 is 11.3 Å². The fourth-order valence-corrected chi connectivity index (χ4v) is 2.82. The average molecular weight is 330 g/mol. The first kappa shape index (κ1) is 16.9. The molecule has 1 atom stereocenters. The second kappa shape index (κ2) is 6.76. The van der Waals surface area contributed by atoms with E-state index in [-0.39, 0.29) is 13.2 Å². The number of thiazole rings is 1. The Labute approximate surface area is 130 Å². The van der Waals surface area contributed by atoms with Gasteiger partial charge in [0.2, 0.25) is 0 Å². The molecular weight excluding hydrogens is 313 g/mol. The van der Waals surface area contributed by atoms with Crippen molar-refractivity contribution < 1.29 is 18.3 Å². The van der Waals surface area contributed by atoms with Gasteiger partial charge in [0.1, 0.15) is 0 Å². The topological polar surface area (TPSA) is 45.1 Å². The predicted molar refractivity (Wildman–Crippen MR) is 79.7 cm³/mol. The Morgan fingerprint density at radius 1 is 1.23 bits per heavy atom. The van der Waals surface area contributed by atoms with E-state index in [1.165, 1.54) is 6.20 Å². The van der Waals surface area contributed by atoms with Crippen molar-refractivity contribution in [3.8, 4) is 0 Å². The maximum Gasteiger partial charge on any atom is 0.443 e. The third kappa shape index (κ3) is 4.06. The van der Waals surface area contributed by atoms with Gasteiger partial charge in [0.05, 0.1) is 6.61 Å². The lowest BCUT2D eigenvalue weighted by atomic mass is 9.83. The van der Waals surface area contributed by atoms with Gasteiger partial charge in [0, 0.05) is 29.6 Å². The van der Waals surface area contributed by atoms with E-state index in [1.54, 1.807) is 0 Å². The van der Waals surface area contributed by atoms with Gasteiger partial charge < -0.3 is 10.4 Å². The number of rotatable bonds is 6. The summed E-state index contributed by atoms with van der Waals surface area (Å²) in [5.74, 6) is 0. The molecule has 0 fully saturated rings. The van der Waals surface area contributed by atoms with Gasteiger partial charge in [0.25, 0.3) is 0 Å². The van der Waals surface area contributed by atoms with Crippen molar-refractivity contribution in [2.24, 2.45) is 0 Å². The average Bonchev–Trinajstić information content (AvgIpc) is 2.97. The number of aliphatic hydroxyl groups excluding tert-OH is 1. The number of hydrogen-bond donors (Lipinski definition) is 2. The Morgan fingerprint density at radius 3 is 2.45 bits per heavy atom. The van der Waals surface area contributed by atoms with Crippen LogP contribution in [0.2, 0.25) is 0 Å². The SMILES string of the molecule is CC(CO)(CNCc1cnc(C(F)(F)F)s1)c1ccccc1. The summed E-state index contributed by atoms with van der Waals surface area (Å²) in [6.45, 7) is 2.59. The second-order valence-electron chi connectivity index (χ2n) is 5.32. The number of aliphatic hydroxyl groups is 1. The smallest absolute Gasteiger partial charge is 0.395 e. The number of halogens is 3. The molecule has 22 heavy (non-hydrogen) atoms. The molecule has 0 saturated carbocycles. The standard InChI is InChI=1S/C15H17F3N2OS/c1-14(10-21,11-5-3-2-4-6-11)9-19-7-12-8-20-13(22-12)15(16,17)18/h2-6,8,19,21H,7,9-10H2,1H3. The normalized spacial score (nSPS) is 14.8. The minimum Gasteiger partial charge on any atom is -0.395 e. The highest BCUT2D eigenvalue weighted by Gasteiger charge is 2.34. The van der Waals surface area contributed by atoms with Gasteiger partial charge in [-0.15, -0.1) is 11.3 Å². The minimum atomic E-state index is -4.40. The van der Waals surface area contributed by atoms with E-state index in [2.05, 4.69) is 10.3 Å². The molecule has 0 saturated heterocycles. The van der Waals surface area contributed by atoms with Crippen molar-refractivity contribution in [2.75, 3.05) is 13.2 Å². The van der Waals surface area contributed by atoms with E-state index in [0.29, 0.717) is 22.8 Å². The molecule has 1 aromatic carbocycles. The molecule has 7 heteroatoms. The molecule has 0 radical (unpaired) electrons. The molecule has 0 spiro atoms. The number of nitrogens with zero attached hydrogens (tertiary/aromatic N) is 1. The number of nitrogens with one attached hydrogen (secondary N) is 1. The van der Waals surface area contributed by atoms with E-state index >= 15 is 0 Å². The number of benzene rings is 1. The summed E-state index contributed by atoms with van der Waals surface area (Å²) in [5, 5.41) is 11.9. The maximum atomic E-state index is 12.5. The van der Waals surface area contributed by atoms with E-state index in [1.807, 2.05) is 37.3 Å². The van der Waals surface area contributed by atoms with Crippen LogP contribution < -0.4 is 5.32 Å². The van der Waals surface area contributed by atoms with E-state index < -0.39 is 16.6 Å². The summed E-state index contributed by atoms with van der Waals surface area (Å²) < 4.78 is 37.4. The highest BCUT2D eigenvalue weighted by molar-refractivity contribution is 7.11. The third-order valence-electron chi connectivity index (χ3n) is 3.43. The molecule has 2 N–H and O–H groups in total. The van der Waals surface area contributed by atoms with Crippen LogP contribution in [-0.4, -0.2) is 23.2 Å². The quantitative estimate of drug-likeness (QED) is 0.855. The number of aromatic nitrogens is 1. The largest absolute Gasteiger partial charge is 0.443 e. The minimum absolute atomic E-state index is 0.0551. The summed E-state index contributed by atoms with van der Waals surface area (Å²) in [6.07, 6.45) is -3.16. The molecule has 120 valence electrons. The van der Waals surface area contributed by atoms with Crippen LogP contribution in [0.1, 0.15) is 22.4 Å². The molecule has 0 amide bonds. The lowest BCUT2D eigenvalue weighted by molar-refractivity contribution is -0.137. The lowest BCUT2D eigenvalue weighted by Gasteiger charge is -2.28. The lowest BCUT2D eigenvalue weighted by Crippen LogP contribution is -2.38. The predicted octanol–water partition coefficient (Wildman–Crippen LogP) is 3.20. The number of hydrogen-bond acceptors (Lipinski definition) is 4. The van der Waals surface area contributed by atoms with Gasteiger partial charge in [-0.05, 0) is 5.56 Å². The Kier molecular flexibility index (Phi) is 5.20. The second-order valence-corrected chi connectivity index (χ2v) is 6.43. The van der Waals surface area contributed by atoms with Crippen molar-refractivity contribution in [3.05, 3.63) is 52.0 Å². The Morgan fingerprint density at radius 2 is 1.91 bits per heavy atom. The first-order valence-corrected chi connectivity index (χ1v) is 7.56. The fourth-order valence-electron chi connectivity index (χ4n) is 2.07. The van der Waals surface area contributed by atoms with Gasteiger partial charge in [-0.1, -0.05) is 37.3 Å². The van der Waals surface area contributed by atoms with E-state index in [0.717, 1.165) is 5.56 Å². The van der Waals surface area contributed by atoms with Crippen LogP contribution in [0.3, 0.4) is 0 Å². The molecular formula is C15H17F3N2OS. The Balaban J connectivity index is 1.96. The van der Waals surface area contributed by atoms with Crippen molar-refractivity contribution in [3.63, 3.8) is 0 Å². The summed E-state index contributed by atoms with van der Waals surface area (Å²) in [6, 6.07) is 9.52. The Bertz CT molecular complexity index is 600. The van der Waals surface area contributed by atoms with Gasteiger partial charge in [0.15, 0.2) is 5.01 Å². The molecule has 1 heterocycles. The first-order valence-electron chi connectivity index (χ1n) is 6.74. The first-order chi connectivity index (χ1) is 10.3. The van der Waals surface area contributed by atoms with Gasteiger partial charge >= 0.3 is 6.18 Å². The molecule has 3 nitrogen and oxygen atoms in total. The van der Waals surface area contributed by atoms with Crippen LogP contribution in [0.5, 0.6) is 0 Å². The van der Waals surface area contributed by atoms with Gasteiger partial charge in [-0.25, -0.2) is 4.98 Å². The summed E-state index contributed by atoms with van der Waals surface area (Å²) in [7, 11) is 0.